The molecule has 0 fully saturated rings. The molecule has 0 saturated carbocycles. The van der Waals surface area contributed by atoms with Gasteiger partial charge in [-0.2, -0.15) is 0 Å². The zero-order chi connectivity index (χ0) is 10.5. The van der Waals surface area contributed by atoms with Crippen molar-refractivity contribution in [3.05, 3.63) is 52.8 Å². The largest absolute Gasteiger partial charge is 0.360 e. The molecule has 0 aliphatic heterocycles. The molecular formula is C10H10N4O. The maximum absolute atomic E-state index is 11.2. The molecule has 0 aromatic carbocycles. The van der Waals surface area contributed by atoms with Crippen molar-refractivity contribution < 1.29 is 0 Å². The number of rotatable bonds is 3. The summed E-state index contributed by atoms with van der Waals surface area (Å²) in [6.07, 6.45) is 4.73. The van der Waals surface area contributed by atoms with E-state index < -0.39 is 0 Å². The molecule has 0 saturated heterocycles. The number of nitrogens with one attached hydrogen (secondary N) is 2. The third-order valence-corrected chi connectivity index (χ3v) is 1.87. The Morgan fingerprint density at radius 3 is 2.93 bits per heavy atom. The van der Waals surface area contributed by atoms with Crippen LogP contribution in [0, 0.1) is 0 Å². The second-order valence-corrected chi connectivity index (χ2v) is 2.94. The van der Waals surface area contributed by atoms with Crippen molar-refractivity contribution in [3.63, 3.8) is 0 Å². The van der Waals surface area contributed by atoms with Gasteiger partial charge in [0.05, 0.1) is 12.2 Å². The number of H-pyrrole nitrogens is 1. The molecule has 0 amide bonds. The van der Waals surface area contributed by atoms with E-state index in [0.717, 1.165) is 5.69 Å². The van der Waals surface area contributed by atoms with Crippen molar-refractivity contribution in [2.24, 2.45) is 0 Å². The molecular weight excluding hydrogens is 192 g/mol. The van der Waals surface area contributed by atoms with Gasteiger partial charge in [-0.15, -0.1) is 0 Å². The Morgan fingerprint density at radius 1 is 1.27 bits per heavy atom. The summed E-state index contributed by atoms with van der Waals surface area (Å²) in [5, 5.41) is 2.91. The molecule has 0 radical (unpaired) electrons. The van der Waals surface area contributed by atoms with E-state index in [-0.39, 0.29) is 5.56 Å². The van der Waals surface area contributed by atoms with E-state index in [4.69, 9.17) is 0 Å². The lowest BCUT2D eigenvalue weighted by atomic mass is 10.3. The van der Waals surface area contributed by atoms with Crippen LogP contribution in [-0.4, -0.2) is 15.0 Å². The second kappa shape index (κ2) is 4.36. The van der Waals surface area contributed by atoms with E-state index in [9.17, 15) is 4.79 Å². The van der Waals surface area contributed by atoms with Crippen LogP contribution in [0.3, 0.4) is 0 Å². The summed E-state index contributed by atoms with van der Waals surface area (Å²) in [5.74, 6) is 0.308. The summed E-state index contributed by atoms with van der Waals surface area (Å²) in [4.78, 5) is 21.8. The number of hydrogen-bond donors (Lipinski definition) is 2. The summed E-state index contributed by atoms with van der Waals surface area (Å²) < 4.78 is 0. The smallest absolute Gasteiger partial charge is 0.290 e. The first-order valence-electron chi connectivity index (χ1n) is 4.54. The lowest BCUT2D eigenvalue weighted by Gasteiger charge is -2.02. The summed E-state index contributed by atoms with van der Waals surface area (Å²) in [6.45, 7) is 0.487. The highest BCUT2D eigenvalue weighted by atomic mass is 16.1. The molecule has 2 heterocycles. The Kier molecular flexibility index (Phi) is 2.73. The Balaban J connectivity index is 2.06. The Hall–Kier alpha value is -2.17. The van der Waals surface area contributed by atoms with Crippen LogP contribution in [0.1, 0.15) is 5.69 Å². The SMILES string of the molecule is O=c1[nH]ccnc1NCc1ccccn1. The van der Waals surface area contributed by atoms with Crippen LogP contribution in [0.4, 0.5) is 5.82 Å². The van der Waals surface area contributed by atoms with Gasteiger partial charge in [0, 0.05) is 18.6 Å². The highest BCUT2D eigenvalue weighted by Crippen LogP contribution is 1.97. The molecule has 0 aliphatic rings. The van der Waals surface area contributed by atoms with Crippen molar-refractivity contribution in [2.45, 2.75) is 6.54 Å². The Morgan fingerprint density at radius 2 is 2.20 bits per heavy atom. The highest BCUT2D eigenvalue weighted by molar-refractivity contribution is 5.30. The third kappa shape index (κ3) is 2.40. The molecule has 5 heteroatoms. The quantitative estimate of drug-likeness (QED) is 0.771. The summed E-state index contributed by atoms with van der Waals surface area (Å²) >= 11 is 0. The molecule has 2 aromatic heterocycles. The van der Waals surface area contributed by atoms with Crippen molar-refractivity contribution in [1.29, 1.82) is 0 Å². The molecule has 0 unspecified atom stereocenters. The minimum absolute atomic E-state index is 0.228. The molecule has 0 spiro atoms. The molecule has 0 aliphatic carbocycles. The van der Waals surface area contributed by atoms with Gasteiger partial charge < -0.3 is 10.3 Å². The van der Waals surface area contributed by atoms with Crippen LogP contribution in [0.15, 0.2) is 41.6 Å². The fourth-order valence-electron chi connectivity index (χ4n) is 1.15. The van der Waals surface area contributed by atoms with Gasteiger partial charge in [-0.1, -0.05) is 6.07 Å². The summed E-state index contributed by atoms with van der Waals surface area (Å²) in [7, 11) is 0. The average molecular weight is 202 g/mol. The van der Waals surface area contributed by atoms with Crippen molar-refractivity contribution in [2.75, 3.05) is 5.32 Å². The monoisotopic (exact) mass is 202 g/mol. The van der Waals surface area contributed by atoms with Crippen LogP contribution in [0.2, 0.25) is 0 Å². The molecule has 2 N–H and O–H groups in total. The van der Waals surface area contributed by atoms with Crippen molar-refractivity contribution >= 4 is 5.82 Å². The predicted molar refractivity (Wildman–Crippen MR) is 56.4 cm³/mol. The predicted octanol–water partition coefficient (Wildman–Crippen LogP) is 0.777. The third-order valence-electron chi connectivity index (χ3n) is 1.87. The van der Waals surface area contributed by atoms with Gasteiger partial charge in [0.15, 0.2) is 5.82 Å². The van der Waals surface area contributed by atoms with Gasteiger partial charge in [0.1, 0.15) is 0 Å². The topological polar surface area (TPSA) is 70.7 Å². The zero-order valence-corrected chi connectivity index (χ0v) is 7.97. The Bertz CT molecular complexity index is 480. The van der Waals surface area contributed by atoms with Crippen molar-refractivity contribution in [3.8, 4) is 0 Å². The number of hydrogen-bond acceptors (Lipinski definition) is 4. The second-order valence-electron chi connectivity index (χ2n) is 2.94. The minimum atomic E-state index is -0.228. The average Bonchev–Trinajstić information content (AvgIpc) is 2.29. The van der Waals surface area contributed by atoms with Crippen LogP contribution < -0.4 is 10.9 Å². The van der Waals surface area contributed by atoms with Gasteiger partial charge in [-0.25, -0.2) is 4.98 Å². The normalized spacial score (nSPS) is 9.87. The maximum atomic E-state index is 11.2. The molecule has 5 nitrogen and oxygen atoms in total. The lowest BCUT2D eigenvalue weighted by Crippen LogP contribution is -2.15. The van der Waals surface area contributed by atoms with E-state index in [0.29, 0.717) is 12.4 Å². The highest BCUT2D eigenvalue weighted by Gasteiger charge is 1.98. The van der Waals surface area contributed by atoms with E-state index in [1.54, 1.807) is 6.20 Å². The lowest BCUT2D eigenvalue weighted by molar-refractivity contribution is 1.01. The number of anilines is 1. The first-order valence-corrected chi connectivity index (χ1v) is 4.54. The van der Waals surface area contributed by atoms with E-state index in [1.165, 1.54) is 12.4 Å². The molecule has 2 rings (SSSR count). The van der Waals surface area contributed by atoms with Crippen LogP contribution in [-0.2, 0) is 6.54 Å². The number of aromatic amines is 1. The summed E-state index contributed by atoms with van der Waals surface area (Å²) in [5.41, 5.74) is 0.635. The van der Waals surface area contributed by atoms with Gasteiger partial charge in [-0.3, -0.25) is 9.78 Å². The first-order chi connectivity index (χ1) is 7.36. The van der Waals surface area contributed by atoms with E-state index >= 15 is 0 Å². The van der Waals surface area contributed by atoms with Crippen molar-refractivity contribution in [1.82, 2.24) is 15.0 Å². The van der Waals surface area contributed by atoms with Gasteiger partial charge in [0.2, 0.25) is 0 Å². The molecule has 2 aromatic rings. The van der Waals surface area contributed by atoms with Crippen LogP contribution >= 0.6 is 0 Å². The standard InChI is InChI=1S/C10H10N4O/c15-10-9(12-5-6-13-10)14-7-8-3-1-2-4-11-8/h1-6H,7H2,(H,12,14)(H,13,15). The van der Waals surface area contributed by atoms with E-state index in [2.05, 4.69) is 20.3 Å². The summed E-state index contributed by atoms with van der Waals surface area (Å²) in [6, 6.07) is 5.62. The molecule has 76 valence electrons. The fraction of sp³-hybridized carbons (Fsp3) is 0.100. The van der Waals surface area contributed by atoms with Gasteiger partial charge >= 0.3 is 0 Å². The fourth-order valence-corrected chi connectivity index (χ4v) is 1.15. The van der Waals surface area contributed by atoms with Gasteiger partial charge in [0.25, 0.3) is 5.56 Å². The number of aromatic nitrogens is 3. The number of pyridine rings is 1. The first kappa shape index (κ1) is 9.39. The van der Waals surface area contributed by atoms with Crippen LogP contribution in [0.25, 0.3) is 0 Å². The molecule has 0 atom stereocenters. The van der Waals surface area contributed by atoms with Crippen LogP contribution in [0.5, 0.6) is 0 Å². The van der Waals surface area contributed by atoms with Gasteiger partial charge in [-0.05, 0) is 12.1 Å². The minimum Gasteiger partial charge on any atom is -0.360 e. The molecule has 15 heavy (non-hydrogen) atoms. The zero-order valence-electron chi connectivity index (χ0n) is 7.97. The maximum Gasteiger partial charge on any atom is 0.290 e. The Labute approximate surface area is 86.2 Å². The van der Waals surface area contributed by atoms with E-state index in [1.807, 2.05) is 18.2 Å². The number of nitrogens with zero attached hydrogens (tertiary/aromatic N) is 2. The molecule has 0 bridgehead atoms.